The number of hydrogen-bond donors (Lipinski definition) is 2. The average molecular weight is 413 g/mol. The standard InChI is InChI=1S/C21H23N3O6/c1-14(12-19(25)22-18-7-5-4-6-17(18)21(27)29-3)23-24-20(26)13-30-16-10-8-15(28-2)9-11-16/h4-11H,12-13H2,1-3H3,(H,22,25)(H,24,26)/b23-14-. The molecule has 0 bridgehead atoms. The van der Waals surface area contributed by atoms with Gasteiger partial charge in [-0.05, 0) is 43.3 Å². The number of nitrogens with zero attached hydrogens (tertiary/aromatic N) is 1. The summed E-state index contributed by atoms with van der Waals surface area (Å²) in [6.07, 6.45) is -0.0743. The molecule has 2 rings (SSSR count). The predicted molar refractivity (Wildman–Crippen MR) is 111 cm³/mol. The highest BCUT2D eigenvalue weighted by Crippen LogP contribution is 2.17. The molecule has 2 aromatic rings. The van der Waals surface area contributed by atoms with Crippen LogP contribution in [0.2, 0.25) is 0 Å². The zero-order valence-electron chi connectivity index (χ0n) is 16.9. The number of methoxy groups -OCH3 is 2. The third-order valence-electron chi connectivity index (χ3n) is 3.82. The minimum Gasteiger partial charge on any atom is -0.497 e. The molecule has 0 radical (unpaired) electrons. The highest BCUT2D eigenvalue weighted by molar-refractivity contribution is 6.08. The van der Waals surface area contributed by atoms with Crippen molar-refractivity contribution in [2.45, 2.75) is 13.3 Å². The fraction of sp³-hybridized carbons (Fsp3) is 0.238. The van der Waals surface area contributed by atoms with E-state index in [0.717, 1.165) is 0 Å². The van der Waals surface area contributed by atoms with Crippen molar-refractivity contribution >= 4 is 29.2 Å². The molecule has 2 aromatic carbocycles. The normalized spacial score (nSPS) is 10.7. The van der Waals surface area contributed by atoms with Gasteiger partial charge in [0.25, 0.3) is 5.91 Å². The Hall–Kier alpha value is -3.88. The van der Waals surface area contributed by atoms with E-state index in [-0.39, 0.29) is 18.6 Å². The van der Waals surface area contributed by atoms with Crippen LogP contribution in [-0.4, -0.2) is 44.3 Å². The Balaban J connectivity index is 1.82. The lowest BCUT2D eigenvalue weighted by molar-refractivity contribution is -0.123. The molecule has 0 unspecified atom stereocenters. The molecule has 158 valence electrons. The van der Waals surface area contributed by atoms with Crippen LogP contribution in [0.3, 0.4) is 0 Å². The number of esters is 1. The number of para-hydroxylation sites is 1. The molecule has 9 nitrogen and oxygen atoms in total. The largest absolute Gasteiger partial charge is 0.497 e. The number of carbonyl (C=O) groups is 3. The SMILES string of the molecule is COC(=O)c1ccccc1NC(=O)C/C(C)=N\NC(=O)COc1ccc(OC)cc1. The summed E-state index contributed by atoms with van der Waals surface area (Å²) in [5.41, 5.74) is 3.28. The van der Waals surface area contributed by atoms with E-state index in [1.54, 1.807) is 62.6 Å². The lowest BCUT2D eigenvalue weighted by Gasteiger charge is -2.09. The molecule has 0 fully saturated rings. The van der Waals surface area contributed by atoms with Crippen LogP contribution in [0.15, 0.2) is 53.6 Å². The van der Waals surface area contributed by atoms with Gasteiger partial charge in [-0.15, -0.1) is 0 Å². The first-order valence-corrected chi connectivity index (χ1v) is 8.99. The number of hydrazone groups is 1. The van der Waals surface area contributed by atoms with Crippen LogP contribution in [0, 0.1) is 0 Å². The molecule has 2 amide bonds. The molecule has 0 saturated carbocycles. The van der Waals surface area contributed by atoms with Crippen molar-refractivity contribution in [1.29, 1.82) is 0 Å². The van der Waals surface area contributed by atoms with Gasteiger partial charge in [-0.25, -0.2) is 10.2 Å². The zero-order valence-corrected chi connectivity index (χ0v) is 16.9. The molecule has 0 aliphatic carbocycles. The van der Waals surface area contributed by atoms with E-state index in [1.165, 1.54) is 7.11 Å². The lowest BCUT2D eigenvalue weighted by atomic mass is 10.1. The van der Waals surface area contributed by atoms with Crippen molar-refractivity contribution in [2.75, 3.05) is 26.1 Å². The van der Waals surface area contributed by atoms with E-state index < -0.39 is 17.8 Å². The highest BCUT2D eigenvalue weighted by atomic mass is 16.5. The molecular weight excluding hydrogens is 390 g/mol. The summed E-state index contributed by atoms with van der Waals surface area (Å²) in [7, 11) is 2.82. The second-order valence-electron chi connectivity index (χ2n) is 6.11. The van der Waals surface area contributed by atoms with Crippen molar-refractivity contribution < 1.29 is 28.6 Å². The van der Waals surface area contributed by atoms with Crippen LogP contribution in [0.1, 0.15) is 23.7 Å². The minimum atomic E-state index is -0.555. The Labute approximate surface area is 174 Å². The van der Waals surface area contributed by atoms with Crippen molar-refractivity contribution in [1.82, 2.24) is 5.43 Å². The second kappa shape index (κ2) is 11.2. The summed E-state index contributed by atoms with van der Waals surface area (Å²) in [6.45, 7) is 1.36. The first kappa shape index (κ1) is 22.4. The molecule has 30 heavy (non-hydrogen) atoms. The fourth-order valence-corrected chi connectivity index (χ4v) is 2.36. The van der Waals surface area contributed by atoms with Crippen molar-refractivity contribution in [3.8, 4) is 11.5 Å². The molecule has 0 saturated heterocycles. The van der Waals surface area contributed by atoms with E-state index >= 15 is 0 Å². The Morgan fingerprint density at radius 3 is 2.27 bits per heavy atom. The first-order chi connectivity index (χ1) is 14.4. The molecule has 2 N–H and O–H groups in total. The van der Waals surface area contributed by atoms with Gasteiger partial charge >= 0.3 is 5.97 Å². The number of hydrogen-bond acceptors (Lipinski definition) is 7. The first-order valence-electron chi connectivity index (χ1n) is 8.99. The second-order valence-corrected chi connectivity index (χ2v) is 6.11. The van der Waals surface area contributed by atoms with Crippen LogP contribution < -0.4 is 20.2 Å². The third kappa shape index (κ3) is 6.93. The van der Waals surface area contributed by atoms with Crippen LogP contribution in [0.4, 0.5) is 5.69 Å². The van der Waals surface area contributed by atoms with Gasteiger partial charge in [-0.1, -0.05) is 12.1 Å². The number of benzene rings is 2. The van der Waals surface area contributed by atoms with Gasteiger partial charge in [0.05, 0.1) is 31.9 Å². The summed E-state index contributed by atoms with van der Waals surface area (Å²) >= 11 is 0. The van der Waals surface area contributed by atoms with E-state index in [0.29, 0.717) is 22.9 Å². The van der Waals surface area contributed by atoms with Gasteiger partial charge in [0, 0.05) is 5.71 Å². The number of anilines is 1. The number of nitrogens with one attached hydrogen (secondary N) is 2. The van der Waals surface area contributed by atoms with E-state index in [1.807, 2.05) is 0 Å². The Kier molecular flexibility index (Phi) is 8.37. The van der Waals surface area contributed by atoms with Gasteiger partial charge in [-0.3, -0.25) is 9.59 Å². The van der Waals surface area contributed by atoms with E-state index in [2.05, 4.69) is 15.8 Å². The summed E-state index contributed by atoms with van der Waals surface area (Å²) < 4.78 is 15.1. The zero-order chi connectivity index (χ0) is 21.9. The van der Waals surface area contributed by atoms with Crippen LogP contribution in [0.5, 0.6) is 11.5 Å². The Morgan fingerprint density at radius 2 is 1.60 bits per heavy atom. The average Bonchev–Trinajstić information content (AvgIpc) is 2.76. The molecule has 0 aromatic heterocycles. The van der Waals surface area contributed by atoms with Crippen LogP contribution in [-0.2, 0) is 14.3 Å². The minimum absolute atomic E-state index is 0.0743. The summed E-state index contributed by atoms with van der Waals surface area (Å²) in [5.74, 6) is -0.229. The number of amides is 2. The summed E-state index contributed by atoms with van der Waals surface area (Å²) in [5, 5.41) is 6.52. The maximum atomic E-state index is 12.2. The van der Waals surface area contributed by atoms with Gasteiger partial charge < -0.3 is 19.5 Å². The number of carbonyl (C=O) groups excluding carboxylic acids is 3. The summed E-state index contributed by atoms with van der Waals surface area (Å²) in [4.78, 5) is 35.8. The predicted octanol–water partition coefficient (Wildman–Crippen LogP) is 2.38. The quantitative estimate of drug-likeness (QED) is 0.371. The summed E-state index contributed by atoms with van der Waals surface area (Å²) in [6, 6.07) is 13.3. The van der Waals surface area contributed by atoms with Crippen molar-refractivity contribution in [2.24, 2.45) is 5.10 Å². The van der Waals surface area contributed by atoms with E-state index in [4.69, 9.17) is 14.2 Å². The monoisotopic (exact) mass is 413 g/mol. The van der Waals surface area contributed by atoms with Crippen molar-refractivity contribution in [3.63, 3.8) is 0 Å². The van der Waals surface area contributed by atoms with Gasteiger partial charge in [0.15, 0.2) is 6.61 Å². The number of ether oxygens (including phenoxy) is 3. The van der Waals surface area contributed by atoms with Crippen LogP contribution >= 0.6 is 0 Å². The molecule has 0 atom stereocenters. The van der Waals surface area contributed by atoms with Gasteiger partial charge in [0.1, 0.15) is 11.5 Å². The Morgan fingerprint density at radius 1 is 0.933 bits per heavy atom. The molecule has 0 aliphatic rings. The number of rotatable bonds is 9. The molecule has 0 heterocycles. The highest BCUT2D eigenvalue weighted by Gasteiger charge is 2.13. The van der Waals surface area contributed by atoms with Gasteiger partial charge in [-0.2, -0.15) is 5.10 Å². The van der Waals surface area contributed by atoms with E-state index in [9.17, 15) is 14.4 Å². The maximum absolute atomic E-state index is 12.2. The smallest absolute Gasteiger partial charge is 0.339 e. The molecule has 9 heteroatoms. The molecular formula is C21H23N3O6. The fourth-order valence-electron chi connectivity index (χ4n) is 2.36. The Bertz CT molecular complexity index is 925. The third-order valence-corrected chi connectivity index (χ3v) is 3.82. The lowest BCUT2D eigenvalue weighted by Crippen LogP contribution is -2.26. The molecule has 0 spiro atoms. The van der Waals surface area contributed by atoms with Crippen molar-refractivity contribution in [3.05, 3.63) is 54.1 Å². The maximum Gasteiger partial charge on any atom is 0.339 e. The van der Waals surface area contributed by atoms with Gasteiger partial charge in [0.2, 0.25) is 5.91 Å². The molecule has 0 aliphatic heterocycles. The van der Waals surface area contributed by atoms with Crippen LogP contribution in [0.25, 0.3) is 0 Å². The topological polar surface area (TPSA) is 115 Å².